The summed E-state index contributed by atoms with van der Waals surface area (Å²) in [5, 5.41) is 14.6. The number of H-pyrrole nitrogens is 2. The highest BCUT2D eigenvalue weighted by atomic mass is 16.2. The number of rotatable bonds is 19. The van der Waals surface area contributed by atoms with Crippen LogP contribution in [-0.4, -0.2) is 111 Å². The molecule has 6 rings (SSSR count). The van der Waals surface area contributed by atoms with E-state index in [9.17, 15) is 43.2 Å². The number of hydrogen-bond acceptors (Lipinski definition) is 11. The van der Waals surface area contributed by atoms with Gasteiger partial charge in [-0.1, -0.05) is 78.9 Å². The molecule has 0 aliphatic carbocycles. The lowest BCUT2D eigenvalue weighted by atomic mass is 9.81. The zero-order valence-electron chi connectivity index (χ0n) is 42.6. The minimum Gasteiger partial charge on any atom is -0.370 e. The molecule has 21 heteroatoms. The van der Waals surface area contributed by atoms with Crippen molar-refractivity contribution in [1.29, 1.82) is 0 Å². The van der Waals surface area contributed by atoms with Gasteiger partial charge in [-0.05, 0) is 61.3 Å². The van der Waals surface area contributed by atoms with Crippen LogP contribution in [0, 0.1) is 17.8 Å². The number of ketones is 3. The van der Waals surface area contributed by atoms with Crippen molar-refractivity contribution in [3.05, 3.63) is 126 Å². The minimum atomic E-state index is -1.44. The summed E-state index contributed by atoms with van der Waals surface area (Å²) in [6.07, 6.45) is 3.31. The molecule has 1 saturated heterocycles. The number of fused-ring (bicyclic) bond motifs is 1. The third-order valence-electron chi connectivity index (χ3n) is 13.5. The molecule has 3 heterocycles. The first-order chi connectivity index (χ1) is 36.5. The van der Waals surface area contributed by atoms with Crippen LogP contribution in [0.4, 0.5) is 0 Å². The van der Waals surface area contributed by atoms with Gasteiger partial charge in [-0.25, -0.2) is 4.98 Å². The first kappa shape index (κ1) is 56.8. The molecule has 1 aliphatic rings. The van der Waals surface area contributed by atoms with Gasteiger partial charge in [0.1, 0.15) is 29.7 Å². The highest BCUT2D eigenvalue weighted by molar-refractivity contribution is 5.98. The molecule has 13 N–H and O–H groups in total. The molecule has 6 amide bonds. The van der Waals surface area contributed by atoms with Crippen molar-refractivity contribution in [1.82, 2.24) is 41.5 Å². The van der Waals surface area contributed by atoms with Crippen molar-refractivity contribution >= 4 is 69.7 Å². The predicted molar refractivity (Wildman–Crippen MR) is 283 cm³/mol. The molecular formula is C55H68N12O9. The molecule has 1 fully saturated rings. The van der Waals surface area contributed by atoms with Gasteiger partial charge < -0.3 is 53.8 Å². The number of aliphatic imine (C=N–C) groups is 1. The number of nitrogens with zero attached hydrogens (tertiary/aromatic N) is 2. The average Bonchev–Trinajstić information content (AvgIpc) is 4.07. The van der Waals surface area contributed by atoms with E-state index in [1.165, 1.54) is 19.4 Å². The van der Waals surface area contributed by atoms with Gasteiger partial charge in [0, 0.05) is 105 Å². The summed E-state index contributed by atoms with van der Waals surface area (Å²) in [6.45, 7) is 1.26. The number of nitrogens with two attached hydrogens (primary N) is 3. The summed E-state index contributed by atoms with van der Waals surface area (Å²) in [4.78, 5) is 140. The van der Waals surface area contributed by atoms with Crippen LogP contribution in [-0.2, 0) is 68.8 Å². The summed E-state index contributed by atoms with van der Waals surface area (Å²) in [7, 11) is 0. The Kier molecular flexibility index (Phi) is 21.1. The number of hydrogen-bond donors (Lipinski definition) is 10. The Hall–Kier alpha value is -8.49. The number of carbonyl (C=O) groups excluding carboxylic acids is 9. The number of benzene rings is 3. The van der Waals surface area contributed by atoms with Crippen molar-refractivity contribution in [3.8, 4) is 0 Å². The van der Waals surface area contributed by atoms with Gasteiger partial charge in [0.15, 0.2) is 11.7 Å². The van der Waals surface area contributed by atoms with Crippen LogP contribution in [0.15, 0.2) is 109 Å². The normalized spacial score (nSPS) is 20.1. The standard InChI is InChI=1S/C55H68N12O9/c1-33(68)64-45(24-35-13-6-3-7-14-35)53(75)65-43-18-19-50(72)60-22-20-37(48(70)28-38(51(56)73)25-39-30-62-42-17-9-8-16-41(39)42)26-47(69)36(15-10-21-61-55(57)58)27-49(71)44(23-34-11-4-2-5-12-34)66-54(76)46(67-52(43)74)29-40-31-59-32-63-40/h2-9,11-14,16-17,30-32,36-38,43-46,62H,10,15,18-29H2,1H3,(H2,56,73)(H,59,63)(H,60,72)(H,64,68)(H,65,75)(H,66,76)(H,67,74)(H4,57,58,61)/t36-,37-,38-,43+,44-,45-,46+/m1/s1. The first-order valence-electron chi connectivity index (χ1n) is 25.5. The molecule has 0 bridgehead atoms. The Balaban J connectivity index is 1.35. The maximum Gasteiger partial charge on any atom is 0.243 e. The van der Waals surface area contributed by atoms with Crippen LogP contribution in [0.25, 0.3) is 10.9 Å². The van der Waals surface area contributed by atoms with Gasteiger partial charge in [0.25, 0.3) is 0 Å². The number of primary amides is 1. The van der Waals surface area contributed by atoms with Crippen molar-refractivity contribution in [2.75, 3.05) is 13.1 Å². The van der Waals surface area contributed by atoms with Crippen LogP contribution < -0.4 is 43.8 Å². The molecule has 0 spiro atoms. The Morgan fingerprint density at radius 1 is 0.776 bits per heavy atom. The largest absolute Gasteiger partial charge is 0.370 e. The van der Waals surface area contributed by atoms with Gasteiger partial charge in [-0.2, -0.15) is 0 Å². The molecule has 7 atom stereocenters. The van der Waals surface area contributed by atoms with E-state index in [0.717, 1.165) is 16.5 Å². The topological polar surface area (TPSA) is 349 Å². The number of aromatic nitrogens is 3. The maximum atomic E-state index is 14.8. The lowest BCUT2D eigenvalue weighted by molar-refractivity contribution is -0.135. The maximum absolute atomic E-state index is 14.8. The van der Waals surface area contributed by atoms with E-state index in [-0.39, 0.29) is 96.1 Å². The van der Waals surface area contributed by atoms with Crippen LogP contribution in [0.3, 0.4) is 0 Å². The number of imidazole rings is 1. The van der Waals surface area contributed by atoms with Crippen molar-refractivity contribution < 1.29 is 43.2 Å². The summed E-state index contributed by atoms with van der Waals surface area (Å²) in [5.74, 6) is -8.74. The lowest BCUT2D eigenvalue weighted by Crippen LogP contribution is -2.58. The summed E-state index contributed by atoms with van der Waals surface area (Å²) >= 11 is 0. The van der Waals surface area contributed by atoms with Crippen molar-refractivity contribution in [2.45, 2.75) is 108 Å². The van der Waals surface area contributed by atoms with E-state index in [1.54, 1.807) is 66.9 Å². The van der Waals surface area contributed by atoms with Gasteiger partial charge in [0.05, 0.1) is 12.4 Å². The molecule has 21 nitrogen and oxygen atoms in total. The van der Waals surface area contributed by atoms with Gasteiger partial charge in [-0.15, -0.1) is 0 Å². The highest BCUT2D eigenvalue weighted by Gasteiger charge is 2.35. The Morgan fingerprint density at radius 3 is 2.16 bits per heavy atom. The summed E-state index contributed by atoms with van der Waals surface area (Å²) in [5.41, 5.74) is 20.6. The molecular weight excluding hydrogens is 973 g/mol. The molecule has 1 aliphatic heterocycles. The van der Waals surface area contributed by atoms with Crippen molar-refractivity contribution in [3.63, 3.8) is 0 Å². The zero-order chi connectivity index (χ0) is 54.6. The summed E-state index contributed by atoms with van der Waals surface area (Å²) in [6, 6.07) is 20.1. The third kappa shape index (κ3) is 17.6. The average molecular weight is 1040 g/mol. The number of nitrogens with one attached hydrogen (secondary N) is 7. The number of amides is 6. The Morgan fingerprint density at radius 2 is 1.47 bits per heavy atom. The molecule has 402 valence electrons. The van der Waals surface area contributed by atoms with Crippen LogP contribution >= 0.6 is 0 Å². The van der Waals surface area contributed by atoms with E-state index in [0.29, 0.717) is 16.8 Å². The van der Waals surface area contributed by atoms with Gasteiger partial charge >= 0.3 is 0 Å². The smallest absolute Gasteiger partial charge is 0.243 e. The second-order valence-electron chi connectivity index (χ2n) is 19.3. The molecule has 0 saturated carbocycles. The second-order valence-corrected chi connectivity index (χ2v) is 19.3. The van der Waals surface area contributed by atoms with Crippen LogP contribution in [0.5, 0.6) is 0 Å². The van der Waals surface area contributed by atoms with Gasteiger partial charge in [0.2, 0.25) is 35.4 Å². The van der Waals surface area contributed by atoms with Crippen LogP contribution in [0.1, 0.15) is 80.7 Å². The fourth-order valence-electron chi connectivity index (χ4n) is 9.40. The van der Waals surface area contributed by atoms with E-state index in [2.05, 4.69) is 46.5 Å². The fourth-order valence-corrected chi connectivity index (χ4v) is 9.40. The van der Waals surface area contributed by atoms with Gasteiger partial charge in [-0.3, -0.25) is 48.1 Å². The monoisotopic (exact) mass is 1040 g/mol. The lowest BCUT2D eigenvalue weighted by Gasteiger charge is -2.27. The Bertz CT molecular complexity index is 2830. The highest BCUT2D eigenvalue weighted by Crippen LogP contribution is 2.27. The molecule has 5 aromatic rings. The van der Waals surface area contributed by atoms with E-state index in [1.807, 2.05) is 24.3 Å². The quantitative estimate of drug-likeness (QED) is 0.0321. The molecule has 0 unspecified atom stereocenters. The SMILES string of the molecule is CC(=O)N[C@H](Cc1ccccc1)C(=O)N[C@H]1CCC(=O)NCC[C@@H](C(=O)C[C@@H](Cc2c[nH]c3ccccc23)C(N)=O)CC(=O)[C@H](CCCN=C(N)N)CC(=O)[C@@H](Cc2ccccc2)NC(=O)[C@H](Cc2cnc[nH]2)NC1=O. The third-order valence-corrected chi connectivity index (χ3v) is 13.5. The number of guanidine groups is 1. The van der Waals surface area contributed by atoms with E-state index < -0.39 is 94.7 Å². The minimum absolute atomic E-state index is 0.00446. The summed E-state index contributed by atoms with van der Waals surface area (Å²) < 4.78 is 0. The number of aromatic amines is 2. The molecule has 2 aromatic heterocycles. The predicted octanol–water partition coefficient (Wildman–Crippen LogP) is 1.69. The number of para-hydroxylation sites is 1. The fraction of sp³-hybridized carbons (Fsp3) is 0.400. The number of Topliss-reactive ketones (excluding diaryl/α,β-unsaturated/α-hetero) is 3. The second kappa shape index (κ2) is 28.3. The Labute approximate surface area is 440 Å². The van der Waals surface area contributed by atoms with E-state index in [4.69, 9.17) is 17.2 Å². The molecule has 3 aromatic carbocycles. The van der Waals surface area contributed by atoms with Crippen molar-refractivity contribution in [2.24, 2.45) is 39.9 Å². The molecule has 76 heavy (non-hydrogen) atoms. The molecule has 0 radical (unpaired) electrons. The zero-order valence-corrected chi connectivity index (χ0v) is 42.6. The van der Waals surface area contributed by atoms with E-state index >= 15 is 0 Å². The van der Waals surface area contributed by atoms with Crippen LogP contribution in [0.2, 0.25) is 0 Å². The first-order valence-corrected chi connectivity index (χ1v) is 25.5. The number of carbonyl (C=O) groups is 9.